The van der Waals surface area contributed by atoms with Gasteiger partial charge in [-0.3, -0.25) is 0 Å². The van der Waals surface area contributed by atoms with Crippen molar-refractivity contribution in [3.8, 4) is 62.1 Å². The fourth-order valence-corrected chi connectivity index (χ4v) is 13.3. The predicted molar refractivity (Wildman–Crippen MR) is 344 cm³/mol. The van der Waals surface area contributed by atoms with Gasteiger partial charge in [0, 0.05) is 78.1 Å². The van der Waals surface area contributed by atoms with E-state index in [1.165, 1.54) is 60.3 Å². The summed E-state index contributed by atoms with van der Waals surface area (Å²) in [5, 5.41) is 7.20. The number of fused-ring (bicyclic) bond motifs is 12. The van der Waals surface area contributed by atoms with E-state index in [0.29, 0.717) is 0 Å². The minimum Gasteiger partial charge on any atom is -0.310 e. The molecule has 0 saturated carbocycles. The van der Waals surface area contributed by atoms with E-state index < -0.39 is 0 Å². The molecule has 0 bridgehead atoms. The van der Waals surface area contributed by atoms with Gasteiger partial charge in [-0.1, -0.05) is 206 Å². The van der Waals surface area contributed by atoms with E-state index in [1.54, 1.807) is 0 Å². The van der Waals surface area contributed by atoms with Crippen LogP contribution in [0.15, 0.2) is 291 Å². The lowest BCUT2D eigenvalue weighted by Crippen LogP contribution is -2.18. The molecule has 16 aromatic rings. The van der Waals surface area contributed by atoms with Crippen LogP contribution in [0.5, 0.6) is 0 Å². The van der Waals surface area contributed by atoms with Crippen molar-refractivity contribution >= 4 is 82.5 Å². The van der Waals surface area contributed by atoms with Gasteiger partial charge < -0.3 is 18.6 Å². The van der Waals surface area contributed by atoms with Gasteiger partial charge in [0.15, 0.2) is 0 Å². The third-order valence-electron chi connectivity index (χ3n) is 17.0. The molecule has 83 heavy (non-hydrogen) atoms. The summed E-state index contributed by atoms with van der Waals surface area (Å²) in [5.41, 5.74) is 24.1. The molecule has 0 N–H and O–H groups in total. The maximum atomic E-state index is 5.32. The molecule has 0 radical (unpaired) electrons. The summed E-state index contributed by atoms with van der Waals surface area (Å²) in [6, 6.07) is 106. The van der Waals surface area contributed by atoms with Crippen molar-refractivity contribution in [2.75, 3.05) is 4.90 Å². The summed E-state index contributed by atoms with van der Waals surface area (Å²) >= 11 is 0. The minimum absolute atomic E-state index is 0.800. The Labute approximate surface area is 479 Å². The van der Waals surface area contributed by atoms with Gasteiger partial charge in [-0.25, -0.2) is 9.97 Å². The number of benzene rings is 11. The fourth-order valence-electron chi connectivity index (χ4n) is 13.3. The lowest BCUT2D eigenvalue weighted by atomic mass is 9.93. The second-order valence-corrected chi connectivity index (χ2v) is 21.7. The van der Waals surface area contributed by atoms with Crippen LogP contribution >= 0.6 is 0 Å². The van der Waals surface area contributed by atoms with Gasteiger partial charge in [0.05, 0.1) is 72.9 Å². The molecule has 5 aromatic heterocycles. The summed E-state index contributed by atoms with van der Waals surface area (Å²) < 4.78 is 7.41. The third-order valence-corrected chi connectivity index (χ3v) is 17.0. The Hall–Kier alpha value is -11.1. The van der Waals surface area contributed by atoms with Gasteiger partial charge in [0.1, 0.15) is 0 Å². The van der Waals surface area contributed by atoms with Crippen molar-refractivity contribution in [1.82, 2.24) is 23.7 Å². The number of aromatic nitrogens is 5. The second kappa shape index (κ2) is 18.8. The molecule has 388 valence electrons. The molecular formula is C77H50N6. The number of hydrogen-bond acceptors (Lipinski definition) is 3. The summed E-state index contributed by atoms with van der Waals surface area (Å²) in [5.74, 6) is 0. The van der Waals surface area contributed by atoms with E-state index in [1.807, 2.05) is 0 Å². The maximum absolute atomic E-state index is 5.32. The van der Waals surface area contributed by atoms with Gasteiger partial charge in [-0.05, 0) is 96.1 Å². The maximum Gasteiger partial charge on any atom is 0.0730 e. The summed E-state index contributed by atoms with van der Waals surface area (Å²) in [6.07, 6.45) is 0.800. The number of para-hydroxylation sites is 4. The molecule has 1 aliphatic heterocycles. The summed E-state index contributed by atoms with van der Waals surface area (Å²) in [6.45, 7) is 0. The highest BCUT2D eigenvalue weighted by Crippen LogP contribution is 2.49. The van der Waals surface area contributed by atoms with E-state index in [-0.39, 0.29) is 0 Å². The highest BCUT2D eigenvalue weighted by molar-refractivity contribution is 6.26. The van der Waals surface area contributed by atoms with Crippen LogP contribution in [0.4, 0.5) is 17.1 Å². The molecule has 17 rings (SSSR count). The van der Waals surface area contributed by atoms with Gasteiger partial charge in [-0.2, -0.15) is 0 Å². The zero-order valence-electron chi connectivity index (χ0n) is 45.1. The van der Waals surface area contributed by atoms with E-state index in [0.717, 1.165) is 102 Å². The van der Waals surface area contributed by atoms with E-state index in [9.17, 15) is 0 Å². The lowest BCUT2D eigenvalue weighted by Gasteiger charge is -2.34. The summed E-state index contributed by atoms with van der Waals surface area (Å²) in [4.78, 5) is 13.1. The zero-order chi connectivity index (χ0) is 54.5. The Morgan fingerprint density at radius 3 is 1.30 bits per heavy atom. The molecular weight excluding hydrogens is 1010 g/mol. The van der Waals surface area contributed by atoms with E-state index >= 15 is 0 Å². The van der Waals surface area contributed by atoms with Crippen molar-refractivity contribution in [1.29, 1.82) is 0 Å². The van der Waals surface area contributed by atoms with Crippen molar-refractivity contribution in [2.45, 2.75) is 6.42 Å². The second-order valence-electron chi connectivity index (χ2n) is 21.7. The molecule has 11 aromatic carbocycles. The average Bonchev–Trinajstić information content (AvgIpc) is 2.63. The molecule has 6 heteroatoms. The minimum atomic E-state index is 0.800. The Kier molecular flexibility index (Phi) is 10.6. The van der Waals surface area contributed by atoms with Gasteiger partial charge >= 0.3 is 0 Å². The van der Waals surface area contributed by atoms with Gasteiger partial charge in [-0.15, -0.1) is 0 Å². The lowest BCUT2D eigenvalue weighted by molar-refractivity contribution is 1.08. The quantitative estimate of drug-likeness (QED) is 0.152. The molecule has 0 unspecified atom stereocenters. The van der Waals surface area contributed by atoms with E-state index in [4.69, 9.17) is 9.97 Å². The predicted octanol–water partition coefficient (Wildman–Crippen LogP) is 19.8. The van der Waals surface area contributed by atoms with Crippen LogP contribution in [-0.2, 0) is 6.42 Å². The van der Waals surface area contributed by atoms with Gasteiger partial charge in [0.2, 0.25) is 0 Å². The number of hydrogen-bond donors (Lipinski definition) is 0. The first-order valence-electron chi connectivity index (χ1n) is 28.4. The Morgan fingerprint density at radius 1 is 0.253 bits per heavy atom. The van der Waals surface area contributed by atoms with Crippen molar-refractivity contribution < 1.29 is 0 Å². The SMILES string of the molecule is c1ccc(-c2cc(-n3c4ccccc4c4cc5c(cc43)Cc3ccccc3N5c3cccc(-n4c5ccccc5c5c4ccc4c6ccccc6n(-c6cc(-c7ccccc7)nc(-c7ccccc7)c6)c45)c3)cc(-c3ccccc3)n2)cc1. The molecule has 0 spiro atoms. The zero-order valence-corrected chi connectivity index (χ0v) is 45.1. The van der Waals surface area contributed by atoms with Crippen molar-refractivity contribution in [3.05, 3.63) is 302 Å². The van der Waals surface area contributed by atoms with E-state index in [2.05, 4.69) is 310 Å². The molecule has 1 aliphatic rings. The third kappa shape index (κ3) is 7.50. The number of pyridine rings is 2. The summed E-state index contributed by atoms with van der Waals surface area (Å²) in [7, 11) is 0. The van der Waals surface area contributed by atoms with Gasteiger partial charge in [0.25, 0.3) is 0 Å². The molecule has 0 amide bonds. The molecule has 0 aliphatic carbocycles. The first-order chi connectivity index (χ1) is 41.2. The number of anilines is 3. The van der Waals surface area contributed by atoms with Crippen LogP contribution in [0.2, 0.25) is 0 Å². The van der Waals surface area contributed by atoms with Crippen LogP contribution in [0.3, 0.4) is 0 Å². The molecule has 6 nitrogen and oxygen atoms in total. The Balaban J connectivity index is 0.866. The number of rotatable bonds is 8. The molecule has 6 heterocycles. The molecule has 0 atom stereocenters. The fraction of sp³-hybridized carbons (Fsp3) is 0.0130. The average molecular weight is 1060 g/mol. The molecule has 0 saturated heterocycles. The highest BCUT2D eigenvalue weighted by atomic mass is 15.2. The topological polar surface area (TPSA) is 43.8 Å². The first kappa shape index (κ1) is 46.8. The largest absolute Gasteiger partial charge is 0.310 e. The van der Waals surface area contributed by atoms with Crippen LogP contribution < -0.4 is 4.90 Å². The highest BCUT2D eigenvalue weighted by Gasteiger charge is 2.28. The molecule has 0 fully saturated rings. The van der Waals surface area contributed by atoms with Crippen molar-refractivity contribution in [2.24, 2.45) is 0 Å². The van der Waals surface area contributed by atoms with Crippen molar-refractivity contribution in [3.63, 3.8) is 0 Å². The Bertz CT molecular complexity index is 5110. The number of nitrogens with zero attached hydrogens (tertiary/aromatic N) is 6. The normalized spacial score (nSPS) is 12.3. The van der Waals surface area contributed by atoms with Crippen LogP contribution in [-0.4, -0.2) is 23.7 Å². The van der Waals surface area contributed by atoms with Crippen LogP contribution in [0.25, 0.3) is 128 Å². The Morgan fingerprint density at radius 2 is 0.711 bits per heavy atom. The first-order valence-corrected chi connectivity index (χ1v) is 28.4. The monoisotopic (exact) mass is 1060 g/mol. The van der Waals surface area contributed by atoms with Crippen LogP contribution in [0, 0.1) is 0 Å². The smallest absolute Gasteiger partial charge is 0.0730 e. The standard InChI is InChI=1S/C77H50N6/c1-5-22-50(23-6-1)65-45-58(46-66(78-65)51-24-7-2-8-25-51)82-70-37-18-15-34-61(70)64-49-74-55(43-75(64)82)42-54-30-13-17-36-69(54)80(74)56-31-21-32-57(44-56)81-72-39-20-16-35-63(72)76-73(81)41-40-62-60-33-14-19-38-71(60)83(77(62)76)59-47-67(52-26-9-3-10-27-52)79-68(48-59)53-28-11-4-12-29-53/h1-41,43-49H,42H2. The van der Waals surface area contributed by atoms with Crippen LogP contribution in [0.1, 0.15) is 11.1 Å².